The van der Waals surface area contributed by atoms with Gasteiger partial charge in [0.1, 0.15) is 17.1 Å². The molecular weight excluding hydrogens is 499 g/mol. The van der Waals surface area contributed by atoms with Crippen molar-refractivity contribution in [2.75, 3.05) is 18.8 Å². The van der Waals surface area contributed by atoms with E-state index >= 15 is 0 Å². The third-order valence-electron chi connectivity index (χ3n) is 6.50. The maximum absolute atomic E-state index is 13.1. The first-order valence-corrected chi connectivity index (χ1v) is 12.2. The maximum Gasteiger partial charge on any atom is 0.416 e. The standard InChI is InChI=1S/C26H28F3N7O2/c1-2-6-21(37)34-11-4-9-20(10-5-12-34)36-24(30)22(25(31)38)23(33-36)18-14-32-35(16-18)15-17-7-3-8-19(13-17)26(27,28)29/h3,7-8,13-14,16,20H,4-5,9-12,15,30H2,1H3,(H2,31,38). The Bertz CT molecular complexity index is 1390. The molecule has 2 amide bonds. The van der Waals surface area contributed by atoms with Crippen LogP contribution in [-0.4, -0.2) is 49.4 Å². The third-order valence-corrected chi connectivity index (χ3v) is 6.50. The van der Waals surface area contributed by atoms with E-state index in [4.69, 9.17) is 11.5 Å². The number of hydrogen-bond donors (Lipinski definition) is 2. The van der Waals surface area contributed by atoms with Gasteiger partial charge in [0.15, 0.2) is 0 Å². The molecule has 1 aliphatic rings. The number of nitrogens with zero attached hydrogens (tertiary/aromatic N) is 5. The van der Waals surface area contributed by atoms with Gasteiger partial charge in [-0.3, -0.25) is 14.3 Å². The average molecular weight is 528 g/mol. The van der Waals surface area contributed by atoms with Crippen LogP contribution in [0.5, 0.6) is 0 Å². The Labute approximate surface area is 217 Å². The number of benzene rings is 1. The molecular formula is C26H28F3N7O2. The molecule has 0 spiro atoms. The molecule has 3 aromatic rings. The summed E-state index contributed by atoms with van der Waals surface area (Å²) in [6.45, 7) is 2.83. The molecule has 38 heavy (non-hydrogen) atoms. The SMILES string of the molecule is CC#CC(=O)N1CCCC(n2nc(-c3cnn(Cc4cccc(C(F)(F)F)c4)c3)c(C(N)=O)c2N)CCC1. The van der Waals surface area contributed by atoms with Crippen molar-refractivity contribution in [3.63, 3.8) is 0 Å². The Hall–Kier alpha value is -4.27. The first kappa shape index (κ1) is 26.8. The fourth-order valence-electron chi connectivity index (χ4n) is 4.70. The van der Waals surface area contributed by atoms with E-state index in [0.717, 1.165) is 12.1 Å². The van der Waals surface area contributed by atoms with Gasteiger partial charge in [-0.15, -0.1) is 0 Å². The van der Waals surface area contributed by atoms with Crippen LogP contribution in [0.2, 0.25) is 0 Å². The number of likely N-dealkylation sites (tertiary alicyclic amines) is 1. The molecule has 0 aliphatic carbocycles. The van der Waals surface area contributed by atoms with Crippen LogP contribution in [0, 0.1) is 11.8 Å². The number of amides is 2. The summed E-state index contributed by atoms with van der Waals surface area (Å²) in [5.41, 5.74) is 12.5. The van der Waals surface area contributed by atoms with Gasteiger partial charge in [0.25, 0.3) is 11.8 Å². The number of aromatic nitrogens is 4. The Balaban J connectivity index is 1.56. The predicted octanol–water partition coefficient (Wildman–Crippen LogP) is 3.46. The molecule has 0 unspecified atom stereocenters. The highest BCUT2D eigenvalue weighted by atomic mass is 19.4. The molecule has 0 radical (unpaired) electrons. The second-order valence-electron chi connectivity index (χ2n) is 9.15. The van der Waals surface area contributed by atoms with E-state index < -0.39 is 17.6 Å². The molecule has 0 bridgehead atoms. The first-order valence-electron chi connectivity index (χ1n) is 12.2. The summed E-state index contributed by atoms with van der Waals surface area (Å²) >= 11 is 0. The molecule has 1 saturated heterocycles. The quantitative estimate of drug-likeness (QED) is 0.492. The molecule has 3 heterocycles. The molecule has 4 rings (SSSR count). The van der Waals surface area contributed by atoms with Gasteiger partial charge in [-0.2, -0.15) is 23.4 Å². The fraction of sp³-hybridized carbons (Fsp3) is 0.385. The number of rotatable bonds is 5. The van der Waals surface area contributed by atoms with Gasteiger partial charge in [0, 0.05) is 24.8 Å². The molecule has 9 nitrogen and oxygen atoms in total. The topological polar surface area (TPSA) is 125 Å². The van der Waals surface area contributed by atoms with Crippen LogP contribution in [0.4, 0.5) is 19.0 Å². The zero-order valence-electron chi connectivity index (χ0n) is 20.8. The van der Waals surface area contributed by atoms with E-state index in [9.17, 15) is 22.8 Å². The number of alkyl halides is 3. The lowest BCUT2D eigenvalue weighted by Gasteiger charge is -2.27. The number of primary amides is 1. The van der Waals surface area contributed by atoms with Crippen molar-refractivity contribution in [3.05, 3.63) is 53.3 Å². The van der Waals surface area contributed by atoms with Crippen molar-refractivity contribution in [1.29, 1.82) is 0 Å². The number of carbonyl (C=O) groups excluding carboxylic acids is 2. The van der Waals surface area contributed by atoms with Crippen molar-refractivity contribution in [3.8, 4) is 23.1 Å². The number of carbonyl (C=O) groups is 2. The lowest BCUT2D eigenvalue weighted by molar-refractivity contribution is -0.137. The van der Waals surface area contributed by atoms with Gasteiger partial charge in [-0.1, -0.05) is 18.1 Å². The van der Waals surface area contributed by atoms with Gasteiger partial charge >= 0.3 is 6.18 Å². The molecule has 1 fully saturated rings. The van der Waals surface area contributed by atoms with E-state index in [2.05, 4.69) is 22.0 Å². The molecule has 2 aromatic heterocycles. The minimum absolute atomic E-state index is 0.0701. The summed E-state index contributed by atoms with van der Waals surface area (Å²) in [7, 11) is 0. The van der Waals surface area contributed by atoms with Gasteiger partial charge in [-0.25, -0.2) is 4.68 Å². The predicted molar refractivity (Wildman–Crippen MR) is 134 cm³/mol. The smallest absolute Gasteiger partial charge is 0.383 e. The average Bonchev–Trinajstić information content (AvgIpc) is 3.43. The second-order valence-corrected chi connectivity index (χ2v) is 9.15. The molecule has 0 saturated carbocycles. The maximum atomic E-state index is 13.1. The number of nitrogen functional groups attached to an aromatic ring is 1. The Morgan fingerprint density at radius 2 is 1.89 bits per heavy atom. The molecule has 1 aliphatic heterocycles. The van der Waals surface area contributed by atoms with Gasteiger partial charge in [-0.05, 0) is 56.2 Å². The van der Waals surface area contributed by atoms with Crippen LogP contribution in [0.15, 0.2) is 36.7 Å². The summed E-state index contributed by atoms with van der Waals surface area (Å²) in [4.78, 5) is 26.2. The minimum Gasteiger partial charge on any atom is -0.383 e. The summed E-state index contributed by atoms with van der Waals surface area (Å²) < 4.78 is 42.3. The van der Waals surface area contributed by atoms with Crippen LogP contribution in [0.1, 0.15) is 60.1 Å². The largest absolute Gasteiger partial charge is 0.416 e. The summed E-state index contributed by atoms with van der Waals surface area (Å²) in [5, 5.41) is 8.88. The first-order chi connectivity index (χ1) is 18.1. The van der Waals surface area contributed by atoms with Crippen molar-refractivity contribution < 1.29 is 22.8 Å². The van der Waals surface area contributed by atoms with Crippen LogP contribution in [0.25, 0.3) is 11.3 Å². The Morgan fingerprint density at radius 1 is 1.18 bits per heavy atom. The second kappa shape index (κ2) is 11.0. The van der Waals surface area contributed by atoms with Gasteiger partial charge < -0.3 is 16.4 Å². The van der Waals surface area contributed by atoms with Crippen LogP contribution in [0.3, 0.4) is 0 Å². The highest BCUT2D eigenvalue weighted by Gasteiger charge is 2.30. The van der Waals surface area contributed by atoms with Gasteiger partial charge in [0.05, 0.1) is 24.3 Å². The third kappa shape index (κ3) is 5.82. The monoisotopic (exact) mass is 527 g/mol. The zero-order chi connectivity index (χ0) is 27.4. The number of anilines is 1. The number of nitrogens with two attached hydrogens (primary N) is 2. The molecule has 12 heteroatoms. The van der Waals surface area contributed by atoms with E-state index in [0.29, 0.717) is 49.9 Å². The van der Waals surface area contributed by atoms with Crippen molar-refractivity contribution in [2.45, 2.75) is 51.4 Å². The van der Waals surface area contributed by atoms with Crippen LogP contribution < -0.4 is 11.5 Å². The van der Waals surface area contributed by atoms with Crippen LogP contribution in [-0.2, 0) is 17.5 Å². The van der Waals surface area contributed by atoms with Crippen molar-refractivity contribution in [1.82, 2.24) is 24.5 Å². The molecule has 200 valence electrons. The fourth-order valence-corrected chi connectivity index (χ4v) is 4.70. The van der Waals surface area contributed by atoms with Crippen molar-refractivity contribution >= 4 is 17.6 Å². The minimum atomic E-state index is -4.44. The summed E-state index contributed by atoms with van der Waals surface area (Å²) in [6, 6.07) is 4.91. The Morgan fingerprint density at radius 3 is 2.53 bits per heavy atom. The zero-order valence-corrected chi connectivity index (χ0v) is 20.8. The number of halogens is 3. The van der Waals surface area contributed by atoms with Crippen LogP contribution >= 0.6 is 0 Å². The van der Waals surface area contributed by atoms with E-state index in [1.807, 2.05) is 0 Å². The molecule has 4 N–H and O–H groups in total. The summed E-state index contributed by atoms with van der Waals surface area (Å²) in [6.07, 6.45) is 1.40. The normalized spacial score (nSPS) is 14.9. The lowest BCUT2D eigenvalue weighted by atomic mass is 10.0. The lowest BCUT2D eigenvalue weighted by Crippen LogP contribution is -2.34. The van der Waals surface area contributed by atoms with E-state index in [1.165, 1.54) is 16.9 Å². The molecule has 0 atom stereocenters. The van der Waals surface area contributed by atoms with E-state index in [-0.39, 0.29) is 35.6 Å². The number of hydrogen-bond acceptors (Lipinski definition) is 5. The van der Waals surface area contributed by atoms with Gasteiger partial charge in [0.2, 0.25) is 0 Å². The highest BCUT2D eigenvalue weighted by molar-refractivity contribution is 6.03. The summed E-state index contributed by atoms with van der Waals surface area (Å²) in [5.74, 6) is 4.42. The van der Waals surface area contributed by atoms with E-state index in [1.54, 1.807) is 28.8 Å². The highest BCUT2D eigenvalue weighted by Crippen LogP contribution is 2.33. The molecule has 1 aromatic carbocycles. The Kier molecular flexibility index (Phi) is 7.75. The van der Waals surface area contributed by atoms with Crippen molar-refractivity contribution in [2.24, 2.45) is 5.73 Å².